The number of halogens is 1. The third kappa shape index (κ3) is 9.42. The van der Waals surface area contributed by atoms with Crippen molar-refractivity contribution in [2.24, 2.45) is 5.92 Å². The summed E-state index contributed by atoms with van der Waals surface area (Å²) >= 11 is 6.22. The van der Waals surface area contributed by atoms with Crippen molar-refractivity contribution in [1.29, 1.82) is 0 Å². The van der Waals surface area contributed by atoms with Crippen LogP contribution in [0.1, 0.15) is 25.0 Å². The SMILES string of the molecule is COc1ccc([N+](=O)[O-])cc1N(CC(=O)N(Cc1cccc(Cl)c1)[C@H](Cc1ccccc1)C(=O)NCC(C)C)S(C)(=O)=O. The van der Waals surface area contributed by atoms with E-state index in [9.17, 15) is 28.1 Å². The number of benzene rings is 3. The van der Waals surface area contributed by atoms with Gasteiger partial charge in [0, 0.05) is 36.7 Å². The molecule has 11 nitrogen and oxygen atoms in total. The Morgan fingerprint density at radius 1 is 1.02 bits per heavy atom. The first-order valence-corrected chi connectivity index (χ1v) is 15.7. The molecule has 0 fully saturated rings. The molecular weight excluding hydrogens is 596 g/mol. The molecule has 230 valence electrons. The van der Waals surface area contributed by atoms with Crippen molar-refractivity contribution >= 4 is 44.8 Å². The molecule has 3 aromatic carbocycles. The maximum atomic E-state index is 14.2. The van der Waals surface area contributed by atoms with Crippen molar-refractivity contribution < 1.29 is 27.7 Å². The highest BCUT2D eigenvalue weighted by Crippen LogP contribution is 2.34. The van der Waals surface area contributed by atoms with Gasteiger partial charge in [0.05, 0.1) is 18.3 Å². The van der Waals surface area contributed by atoms with Gasteiger partial charge in [-0.2, -0.15) is 0 Å². The quantitative estimate of drug-likeness (QED) is 0.205. The molecule has 43 heavy (non-hydrogen) atoms. The third-order valence-corrected chi connectivity index (χ3v) is 7.88. The van der Waals surface area contributed by atoms with Crippen molar-refractivity contribution in [2.45, 2.75) is 32.9 Å². The van der Waals surface area contributed by atoms with Crippen LogP contribution in [0.3, 0.4) is 0 Å². The Morgan fingerprint density at radius 2 is 1.70 bits per heavy atom. The van der Waals surface area contributed by atoms with E-state index in [1.165, 1.54) is 24.1 Å². The number of nitrogens with zero attached hydrogens (tertiary/aromatic N) is 3. The van der Waals surface area contributed by atoms with Gasteiger partial charge in [-0.15, -0.1) is 0 Å². The molecule has 0 bridgehead atoms. The minimum absolute atomic E-state index is 0.0146. The average Bonchev–Trinajstić information content (AvgIpc) is 2.95. The third-order valence-electron chi connectivity index (χ3n) is 6.52. The van der Waals surface area contributed by atoms with Crippen LogP contribution in [0.4, 0.5) is 11.4 Å². The topological polar surface area (TPSA) is 139 Å². The minimum atomic E-state index is -4.17. The fourth-order valence-corrected chi connectivity index (χ4v) is 5.45. The van der Waals surface area contributed by atoms with Crippen LogP contribution in [-0.2, 0) is 32.6 Å². The molecular formula is C30H35ClN4O7S. The van der Waals surface area contributed by atoms with Crippen LogP contribution >= 0.6 is 11.6 Å². The number of non-ortho nitro benzene ring substituents is 1. The maximum Gasteiger partial charge on any atom is 0.271 e. The van der Waals surface area contributed by atoms with E-state index in [0.717, 1.165) is 22.2 Å². The van der Waals surface area contributed by atoms with Crippen LogP contribution in [0.2, 0.25) is 5.02 Å². The number of hydrogen-bond acceptors (Lipinski definition) is 7. The van der Waals surface area contributed by atoms with Crippen molar-refractivity contribution in [3.05, 3.63) is 99.1 Å². The van der Waals surface area contributed by atoms with Gasteiger partial charge in [0.1, 0.15) is 24.0 Å². The lowest BCUT2D eigenvalue weighted by atomic mass is 10.0. The molecule has 3 aromatic rings. The Kier molecular flexibility index (Phi) is 11.5. The first-order chi connectivity index (χ1) is 20.3. The molecule has 1 N–H and O–H groups in total. The van der Waals surface area contributed by atoms with Crippen LogP contribution in [0.5, 0.6) is 5.75 Å². The predicted molar refractivity (Wildman–Crippen MR) is 166 cm³/mol. The van der Waals surface area contributed by atoms with Gasteiger partial charge in [-0.25, -0.2) is 8.42 Å². The number of sulfonamides is 1. The summed E-state index contributed by atoms with van der Waals surface area (Å²) in [4.78, 5) is 40.0. The van der Waals surface area contributed by atoms with Crippen molar-refractivity contribution in [2.75, 3.05) is 30.8 Å². The van der Waals surface area contributed by atoms with Crippen LogP contribution in [0.25, 0.3) is 0 Å². The summed E-state index contributed by atoms with van der Waals surface area (Å²) in [5.74, 6) is -0.965. The number of carbonyl (C=O) groups excluding carboxylic acids is 2. The molecule has 0 aliphatic carbocycles. The molecule has 0 radical (unpaired) electrons. The van der Waals surface area contributed by atoms with Gasteiger partial charge >= 0.3 is 0 Å². The molecule has 0 unspecified atom stereocenters. The van der Waals surface area contributed by atoms with Crippen LogP contribution in [0.15, 0.2) is 72.8 Å². The van der Waals surface area contributed by atoms with Gasteiger partial charge in [-0.1, -0.05) is 67.9 Å². The first-order valence-electron chi connectivity index (χ1n) is 13.5. The smallest absolute Gasteiger partial charge is 0.271 e. The van der Waals surface area contributed by atoms with Crippen LogP contribution < -0.4 is 14.4 Å². The van der Waals surface area contributed by atoms with Crippen molar-refractivity contribution in [3.63, 3.8) is 0 Å². The molecule has 0 heterocycles. The molecule has 0 aromatic heterocycles. The Hall–Kier alpha value is -4.16. The lowest BCUT2D eigenvalue weighted by Gasteiger charge is -2.34. The fraction of sp³-hybridized carbons (Fsp3) is 0.333. The lowest BCUT2D eigenvalue weighted by molar-refractivity contribution is -0.384. The number of amides is 2. The number of methoxy groups -OCH3 is 1. The number of anilines is 1. The van der Waals surface area contributed by atoms with Gasteiger partial charge in [0.15, 0.2) is 0 Å². The summed E-state index contributed by atoms with van der Waals surface area (Å²) in [6.07, 6.45) is 1.03. The van der Waals surface area contributed by atoms with Crippen molar-refractivity contribution in [1.82, 2.24) is 10.2 Å². The molecule has 0 aliphatic rings. The number of ether oxygens (including phenoxy) is 1. The zero-order valence-corrected chi connectivity index (χ0v) is 26.0. The van der Waals surface area contributed by atoms with E-state index in [4.69, 9.17) is 16.3 Å². The molecule has 1 atom stereocenters. The summed E-state index contributed by atoms with van der Waals surface area (Å²) in [5, 5.41) is 14.8. The van der Waals surface area contributed by atoms with E-state index in [-0.39, 0.29) is 36.0 Å². The van der Waals surface area contributed by atoms with Crippen LogP contribution in [-0.4, -0.2) is 62.6 Å². The number of nitrogens with one attached hydrogen (secondary N) is 1. The van der Waals surface area contributed by atoms with Gasteiger partial charge in [0.2, 0.25) is 21.8 Å². The molecule has 0 spiro atoms. The highest BCUT2D eigenvalue weighted by atomic mass is 35.5. The minimum Gasteiger partial charge on any atom is -0.495 e. The Bertz CT molecular complexity index is 1550. The summed E-state index contributed by atoms with van der Waals surface area (Å²) in [6.45, 7) is 3.44. The van der Waals surface area contributed by atoms with E-state index in [1.54, 1.807) is 24.3 Å². The Labute approximate surface area is 256 Å². The van der Waals surface area contributed by atoms with E-state index in [2.05, 4.69) is 5.32 Å². The molecule has 0 saturated heterocycles. The number of nitro benzene ring substituents is 1. The number of hydrogen-bond donors (Lipinski definition) is 1. The standard InChI is InChI=1S/C30H35ClN4O7S/c1-21(2)18-32-30(37)27(16-22-9-6-5-7-10-22)33(19-23-11-8-12-24(31)15-23)29(36)20-34(43(4,40)41)26-17-25(35(38)39)13-14-28(26)42-3/h5-15,17,21,27H,16,18-20H2,1-4H3,(H,32,37)/t27-/m1/s1. The predicted octanol–water partition coefficient (Wildman–Crippen LogP) is 4.44. The van der Waals surface area contributed by atoms with Crippen LogP contribution in [0, 0.1) is 16.0 Å². The summed E-state index contributed by atoms with van der Waals surface area (Å²) in [5.41, 5.74) is 0.840. The van der Waals surface area contributed by atoms with E-state index in [0.29, 0.717) is 17.1 Å². The monoisotopic (exact) mass is 630 g/mol. The lowest BCUT2D eigenvalue weighted by Crippen LogP contribution is -2.53. The maximum absolute atomic E-state index is 14.2. The molecule has 2 amide bonds. The second-order valence-electron chi connectivity index (χ2n) is 10.4. The highest BCUT2D eigenvalue weighted by molar-refractivity contribution is 7.92. The van der Waals surface area contributed by atoms with Gasteiger partial charge in [-0.3, -0.25) is 24.0 Å². The largest absolute Gasteiger partial charge is 0.495 e. The summed E-state index contributed by atoms with van der Waals surface area (Å²) < 4.78 is 32.1. The number of rotatable bonds is 14. The Balaban J connectivity index is 2.12. The first kappa shape index (κ1) is 33.3. The zero-order chi connectivity index (χ0) is 31.7. The van der Waals surface area contributed by atoms with Crippen molar-refractivity contribution in [3.8, 4) is 5.75 Å². The summed E-state index contributed by atoms with van der Waals surface area (Å²) in [7, 11) is -2.88. The van der Waals surface area contributed by atoms with E-state index >= 15 is 0 Å². The number of nitro groups is 1. The molecule has 13 heteroatoms. The summed E-state index contributed by atoms with van der Waals surface area (Å²) in [6, 6.07) is 18.4. The molecule has 0 aliphatic heterocycles. The average molecular weight is 631 g/mol. The second-order valence-corrected chi connectivity index (χ2v) is 12.7. The van der Waals surface area contributed by atoms with Gasteiger partial charge < -0.3 is 15.0 Å². The highest BCUT2D eigenvalue weighted by Gasteiger charge is 2.34. The Morgan fingerprint density at radius 3 is 2.28 bits per heavy atom. The second kappa shape index (κ2) is 14.8. The molecule has 0 saturated carbocycles. The van der Waals surface area contributed by atoms with E-state index < -0.39 is 39.3 Å². The normalized spacial score (nSPS) is 12.0. The molecule has 3 rings (SSSR count). The van der Waals surface area contributed by atoms with Gasteiger partial charge in [0.25, 0.3) is 5.69 Å². The number of carbonyl (C=O) groups is 2. The van der Waals surface area contributed by atoms with Gasteiger partial charge in [-0.05, 0) is 35.2 Å². The zero-order valence-electron chi connectivity index (χ0n) is 24.4. The fourth-order valence-electron chi connectivity index (χ4n) is 4.39. The van der Waals surface area contributed by atoms with E-state index in [1.807, 2.05) is 44.2 Å².